The molecule has 0 aliphatic carbocycles. The fourth-order valence-electron chi connectivity index (χ4n) is 1.36. The van der Waals surface area contributed by atoms with Crippen molar-refractivity contribution in [1.29, 1.82) is 0 Å². The van der Waals surface area contributed by atoms with E-state index < -0.39 is 0 Å². The monoisotopic (exact) mass is 192 g/mol. The van der Waals surface area contributed by atoms with Crippen LogP contribution in [0.15, 0.2) is 30.5 Å². The molecule has 66 valence electrons. The van der Waals surface area contributed by atoms with Gasteiger partial charge in [-0.25, -0.2) is 0 Å². The van der Waals surface area contributed by atoms with E-state index in [0.29, 0.717) is 5.02 Å². The quantitative estimate of drug-likeness (QED) is 0.752. The molecule has 0 aliphatic rings. The van der Waals surface area contributed by atoms with Gasteiger partial charge in [-0.05, 0) is 24.3 Å². The van der Waals surface area contributed by atoms with Crippen LogP contribution < -0.4 is 5.32 Å². The van der Waals surface area contributed by atoms with Crippen molar-refractivity contribution in [2.45, 2.75) is 0 Å². The van der Waals surface area contributed by atoms with E-state index in [2.05, 4.69) is 10.3 Å². The van der Waals surface area contributed by atoms with Crippen LogP contribution in [0, 0.1) is 0 Å². The Bertz CT molecular complexity index is 440. The van der Waals surface area contributed by atoms with Crippen LogP contribution in [-0.2, 0) is 0 Å². The molecule has 1 heterocycles. The van der Waals surface area contributed by atoms with Gasteiger partial charge in [0.25, 0.3) is 0 Å². The topological polar surface area (TPSA) is 24.9 Å². The maximum atomic E-state index is 6.00. The molecule has 2 nitrogen and oxygen atoms in total. The Morgan fingerprint density at radius 3 is 2.92 bits per heavy atom. The van der Waals surface area contributed by atoms with Gasteiger partial charge in [0.15, 0.2) is 0 Å². The van der Waals surface area contributed by atoms with Crippen molar-refractivity contribution in [1.82, 2.24) is 4.98 Å². The molecule has 1 N–H and O–H groups in total. The van der Waals surface area contributed by atoms with Gasteiger partial charge in [-0.3, -0.25) is 4.98 Å². The zero-order valence-corrected chi connectivity index (χ0v) is 7.97. The predicted octanol–water partition coefficient (Wildman–Crippen LogP) is 2.93. The van der Waals surface area contributed by atoms with Gasteiger partial charge in [0.1, 0.15) is 0 Å². The van der Waals surface area contributed by atoms with Gasteiger partial charge in [0.2, 0.25) is 0 Å². The number of nitrogens with one attached hydrogen (secondary N) is 1. The van der Waals surface area contributed by atoms with Crippen LogP contribution in [0.25, 0.3) is 10.9 Å². The lowest BCUT2D eigenvalue weighted by atomic mass is 10.2. The highest BCUT2D eigenvalue weighted by atomic mass is 35.5. The van der Waals surface area contributed by atoms with Crippen molar-refractivity contribution in [2.24, 2.45) is 0 Å². The highest BCUT2D eigenvalue weighted by molar-refractivity contribution is 6.35. The fraction of sp³-hybridized carbons (Fsp3) is 0.100. The van der Waals surface area contributed by atoms with Crippen LogP contribution in [-0.4, -0.2) is 12.0 Å². The van der Waals surface area contributed by atoms with E-state index in [9.17, 15) is 0 Å². The van der Waals surface area contributed by atoms with Gasteiger partial charge in [-0.1, -0.05) is 11.6 Å². The third kappa shape index (κ3) is 1.33. The lowest BCUT2D eigenvalue weighted by Gasteiger charge is -2.05. The van der Waals surface area contributed by atoms with Crippen LogP contribution in [0.2, 0.25) is 5.02 Å². The number of anilines is 1. The number of hydrogen-bond donors (Lipinski definition) is 1. The van der Waals surface area contributed by atoms with Crippen molar-refractivity contribution < 1.29 is 0 Å². The Morgan fingerprint density at radius 1 is 1.31 bits per heavy atom. The first-order valence-corrected chi connectivity index (χ1v) is 4.41. The van der Waals surface area contributed by atoms with Crippen LogP contribution in [0.5, 0.6) is 0 Å². The van der Waals surface area contributed by atoms with E-state index in [1.165, 1.54) is 0 Å². The SMILES string of the molecule is CNc1ccc(Cl)c2ncccc12. The Hall–Kier alpha value is -1.28. The molecule has 2 aromatic rings. The second-order valence-electron chi connectivity index (χ2n) is 2.74. The number of rotatable bonds is 1. The van der Waals surface area contributed by atoms with Crippen LogP contribution in [0.3, 0.4) is 0 Å². The summed E-state index contributed by atoms with van der Waals surface area (Å²) in [7, 11) is 1.88. The average Bonchev–Trinajstić information content (AvgIpc) is 2.19. The minimum Gasteiger partial charge on any atom is -0.388 e. The average molecular weight is 193 g/mol. The molecule has 0 atom stereocenters. The number of fused-ring (bicyclic) bond motifs is 1. The number of hydrogen-bond acceptors (Lipinski definition) is 2. The molecule has 13 heavy (non-hydrogen) atoms. The molecule has 3 heteroatoms. The molecule has 0 saturated carbocycles. The number of pyridine rings is 1. The lowest BCUT2D eigenvalue weighted by molar-refractivity contribution is 1.41. The zero-order valence-electron chi connectivity index (χ0n) is 7.21. The molecule has 0 bridgehead atoms. The number of halogens is 1. The summed E-state index contributed by atoms with van der Waals surface area (Å²) >= 11 is 6.00. The van der Waals surface area contributed by atoms with Gasteiger partial charge >= 0.3 is 0 Å². The summed E-state index contributed by atoms with van der Waals surface area (Å²) in [5, 5.41) is 4.84. The highest BCUT2D eigenvalue weighted by Gasteiger charge is 2.02. The van der Waals surface area contributed by atoms with Gasteiger partial charge in [0.05, 0.1) is 10.5 Å². The molecular weight excluding hydrogens is 184 g/mol. The van der Waals surface area contributed by atoms with Gasteiger partial charge in [-0.2, -0.15) is 0 Å². The van der Waals surface area contributed by atoms with Crippen LogP contribution >= 0.6 is 11.6 Å². The van der Waals surface area contributed by atoms with Gasteiger partial charge < -0.3 is 5.32 Å². The van der Waals surface area contributed by atoms with Gasteiger partial charge in [-0.15, -0.1) is 0 Å². The normalized spacial score (nSPS) is 10.3. The molecule has 0 aliphatic heterocycles. The van der Waals surface area contributed by atoms with Crippen molar-refractivity contribution in [3.63, 3.8) is 0 Å². The molecule has 0 unspecified atom stereocenters. The largest absolute Gasteiger partial charge is 0.388 e. The first-order valence-electron chi connectivity index (χ1n) is 4.04. The van der Waals surface area contributed by atoms with Gasteiger partial charge in [0, 0.05) is 24.3 Å². The van der Waals surface area contributed by atoms with Crippen LogP contribution in [0.4, 0.5) is 5.69 Å². The standard InChI is InChI=1S/C10H9ClN2/c1-12-9-5-4-8(11)10-7(9)3-2-6-13-10/h2-6,12H,1H3. The zero-order chi connectivity index (χ0) is 9.26. The maximum Gasteiger partial charge on any atom is 0.0908 e. The molecular formula is C10H9ClN2. The van der Waals surface area contributed by atoms with Crippen LogP contribution in [0.1, 0.15) is 0 Å². The first kappa shape index (κ1) is 8.32. The molecule has 0 radical (unpaired) electrons. The van der Waals surface area contributed by atoms with Crippen molar-refractivity contribution in [2.75, 3.05) is 12.4 Å². The number of benzene rings is 1. The molecule has 0 amide bonds. The van der Waals surface area contributed by atoms with E-state index in [0.717, 1.165) is 16.6 Å². The summed E-state index contributed by atoms with van der Waals surface area (Å²) in [6, 6.07) is 7.70. The highest BCUT2D eigenvalue weighted by Crippen LogP contribution is 2.27. The summed E-state index contributed by atoms with van der Waals surface area (Å²) in [5.74, 6) is 0. The summed E-state index contributed by atoms with van der Waals surface area (Å²) in [5.41, 5.74) is 1.89. The third-order valence-corrected chi connectivity index (χ3v) is 2.29. The van der Waals surface area contributed by atoms with E-state index in [1.807, 2.05) is 31.3 Å². The van der Waals surface area contributed by atoms with E-state index in [1.54, 1.807) is 6.20 Å². The second kappa shape index (κ2) is 3.23. The molecule has 1 aromatic heterocycles. The lowest BCUT2D eigenvalue weighted by Crippen LogP contribution is -1.90. The third-order valence-electron chi connectivity index (χ3n) is 1.99. The van der Waals surface area contributed by atoms with E-state index in [4.69, 9.17) is 11.6 Å². The Balaban J connectivity index is 2.84. The molecule has 0 spiro atoms. The van der Waals surface area contributed by atoms with Crippen molar-refractivity contribution in [3.8, 4) is 0 Å². The van der Waals surface area contributed by atoms with E-state index >= 15 is 0 Å². The predicted molar refractivity (Wildman–Crippen MR) is 56.3 cm³/mol. The first-order chi connectivity index (χ1) is 6.33. The minimum absolute atomic E-state index is 0.689. The van der Waals surface area contributed by atoms with Crippen molar-refractivity contribution >= 4 is 28.2 Å². The minimum atomic E-state index is 0.689. The van der Waals surface area contributed by atoms with Crippen molar-refractivity contribution in [3.05, 3.63) is 35.5 Å². The number of nitrogens with zero attached hydrogens (tertiary/aromatic N) is 1. The summed E-state index contributed by atoms with van der Waals surface area (Å²) < 4.78 is 0. The Labute approximate surface area is 81.6 Å². The molecule has 2 rings (SSSR count). The smallest absolute Gasteiger partial charge is 0.0908 e. The maximum absolute atomic E-state index is 6.00. The molecule has 0 saturated heterocycles. The molecule has 1 aromatic carbocycles. The second-order valence-corrected chi connectivity index (χ2v) is 3.15. The Morgan fingerprint density at radius 2 is 2.15 bits per heavy atom. The summed E-state index contributed by atoms with van der Waals surface area (Å²) in [6.07, 6.45) is 1.74. The Kier molecular flexibility index (Phi) is 2.07. The number of aromatic nitrogens is 1. The summed E-state index contributed by atoms with van der Waals surface area (Å²) in [6.45, 7) is 0. The fourth-order valence-corrected chi connectivity index (χ4v) is 1.57. The van der Waals surface area contributed by atoms with E-state index in [-0.39, 0.29) is 0 Å². The molecule has 0 fully saturated rings. The summed E-state index contributed by atoms with van der Waals surface area (Å²) in [4.78, 5) is 4.22.